The summed E-state index contributed by atoms with van der Waals surface area (Å²) in [6.07, 6.45) is 5.51. The quantitative estimate of drug-likeness (QED) is 0.575. The van der Waals surface area contributed by atoms with Gasteiger partial charge in [-0.15, -0.1) is 0 Å². The molecule has 1 aliphatic rings. The summed E-state index contributed by atoms with van der Waals surface area (Å²) >= 11 is 0. The Labute approximate surface area is 104 Å². The summed E-state index contributed by atoms with van der Waals surface area (Å²) in [6, 6.07) is 0. The number of halogens is 3. The molecule has 1 aliphatic carbocycles. The van der Waals surface area contributed by atoms with Crippen molar-refractivity contribution in [1.82, 2.24) is 0 Å². The van der Waals surface area contributed by atoms with Gasteiger partial charge in [0.05, 0.1) is 6.61 Å². The van der Waals surface area contributed by atoms with Crippen molar-refractivity contribution in [2.45, 2.75) is 43.8 Å². The number of alkyl halides is 2. The lowest BCUT2D eigenvalue weighted by atomic mass is 9.87. The number of esters is 1. The fourth-order valence-corrected chi connectivity index (χ4v) is 2.24. The molecule has 0 aliphatic heterocycles. The van der Waals surface area contributed by atoms with E-state index >= 15 is 0 Å². The van der Waals surface area contributed by atoms with Crippen molar-refractivity contribution >= 4 is 16.2 Å². The Morgan fingerprint density at radius 1 is 1.22 bits per heavy atom. The lowest BCUT2D eigenvalue weighted by Crippen LogP contribution is -2.37. The van der Waals surface area contributed by atoms with Gasteiger partial charge in [-0.05, 0) is 12.3 Å². The van der Waals surface area contributed by atoms with Crippen LogP contribution in [0.5, 0.6) is 0 Å². The first-order valence-electron chi connectivity index (χ1n) is 5.74. The zero-order valence-corrected chi connectivity index (χ0v) is 10.5. The fourth-order valence-electron chi connectivity index (χ4n) is 1.98. The molecule has 106 valence electrons. The molecule has 0 aromatic carbocycles. The summed E-state index contributed by atoms with van der Waals surface area (Å²) in [6.45, 7) is -0.311. The van der Waals surface area contributed by atoms with Crippen molar-refractivity contribution in [2.24, 2.45) is 5.92 Å². The van der Waals surface area contributed by atoms with Crippen LogP contribution in [0.4, 0.5) is 12.7 Å². The van der Waals surface area contributed by atoms with Gasteiger partial charge in [0.25, 0.3) is 0 Å². The minimum Gasteiger partial charge on any atom is -0.460 e. The van der Waals surface area contributed by atoms with E-state index in [0.29, 0.717) is 12.3 Å². The van der Waals surface area contributed by atoms with E-state index in [1.165, 1.54) is 0 Å². The smallest absolute Gasteiger partial charge is 0.460 e. The van der Waals surface area contributed by atoms with Crippen LogP contribution in [-0.2, 0) is 19.8 Å². The molecule has 0 aromatic heterocycles. The number of carbonyl (C=O) groups is 1. The third-order valence-electron chi connectivity index (χ3n) is 3.03. The van der Waals surface area contributed by atoms with Gasteiger partial charge in [0.1, 0.15) is 0 Å². The Kier molecular flexibility index (Phi) is 5.01. The maximum Gasteiger partial charge on any atom is 0.470 e. The minimum absolute atomic E-state index is 0.294. The SMILES string of the molecule is O=C(OCCC1CCCCC1)C(F)(F)S(=O)(=O)F. The third-order valence-corrected chi connectivity index (χ3v) is 3.81. The molecule has 0 N–H and O–H groups in total. The highest BCUT2D eigenvalue weighted by Crippen LogP contribution is 2.28. The molecule has 0 atom stereocenters. The van der Waals surface area contributed by atoms with Crippen molar-refractivity contribution in [2.75, 3.05) is 6.61 Å². The molecular weight excluding hydrogens is 273 g/mol. The van der Waals surface area contributed by atoms with Crippen LogP contribution >= 0.6 is 0 Å². The van der Waals surface area contributed by atoms with E-state index in [1.807, 2.05) is 0 Å². The highest BCUT2D eigenvalue weighted by atomic mass is 32.3. The van der Waals surface area contributed by atoms with Crippen LogP contribution in [0.15, 0.2) is 0 Å². The molecule has 0 unspecified atom stereocenters. The Morgan fingerprint density at radius 3 is 2.28 bits per heavy atom. The molecule has 1 saturated carbocycles. The molecule has 0 bridgehead atoms. The van der Waals surface area contributed by atoms with Crippen LogP contribution in [-0.4, -0.2) is 26.2 Å². The monoisotopic (exact) mass is 288 g/mol. The summed E-state index contributed by atoms with van der Waals surface area (Å²) in [5.41, 5.74) is 0. The van der Waals surface area contributed by atoms with Crippen LogP contribution in [0.2, 0.25) is 0 Å². The summed E-state index contributed by atoms with van der Waals surface area (Å²) in [7, 11) is -6.26. The first kappa shape index (κ1) is 15.3. The topological polar surface area (TPSA) is 60.4 Å². The minimum atomic E-state index is -6.26. The normalized spacial score (nSPS) is 18.6. The molecule has 4 nitrogen and oxygen atoms in total. The maximum absolute atomic E-state index is 12.7. The van der Waals surface area contributed by atoms with Crippen LogP contribution < -0.4 is 0 Å². The van der Waals surface area contributed by atoms with Crippen molar-refractivity contribution in [3.05, 3.63) is 0 Å². The van der Waals surface area contributed by atoms with Gasteiger partial charge in [0.15, 0.2) is 0 Å². The molecule has 0 heterocycles. The van der Waals surface area contributed by atoms with Gasteiger partial charge in [0.2, 0.25) is 0 Å². The first-order chi connectivity index (χ1) is 8.25. The molecule has 8 heteroatoms. The van der Waals surface area contributed by atoms with Gasteiger partial charge in [-0.3, -0.25) is 0 Å². The Hall–Kier alpha value is -0.790. The summed E-state index contributed by atoms with van der Waals surface area (Å²) in [5.74, 6) is -2.05. The second kappa shape index (κ2) is 5.90. The summed E-state index contributed by atoms with van der Waals surface area (Å²) in [4.78, 5) is 10.8. The zero-order chi connectivity index (χ0) is 13.8. The van der Waals surface area contributed by atoms with Gasteiger partial charge in [0, 0.05) is 0 Å². The second-order valence-corrected chi connectivity index (χ2v) is 5.77. The maximum atomic E-state index is 12.7. The number of ether oxygens (including phenoxy) is 1. The van der Waals surface area contributed by atoms with E-state index in [-0.39, 0.29) is 6.61 Å². The van der Waals surface area contributed by atoms with Gasteiger partial charge in [-0.25, -0.2) is 4.79 Å². The van der Waals surface area contributed by atoms with Crippen LogP contribution in [0.1, 0.15) is 38.5 Å². The molecule has 0 radical (unpaired) electrons. The predicted molar refractivity (Wildman–Crippen MR) is 57.1 cm³/mol. The summed E-state index contributed by atoms with van der Waals surface area (Å²) in [5, 5.41) is -5.11. The molecule has 1 rings (SSSR count). The third kappa shape index (κ3) is 3.86. The average Bonchev–Trinajstić information content (AvgIpc) is 2.28. The molecule has 1 fully saturated rings. The number of hydrogen-bond donors (Lipinski definition) is 0. The van der Waals surface area contributed by atoms with Crippen LogP contribution in [0.3, 0.4) is 0 Å². The fraction of sp³-hybridized carbons (Fsp3) is 0.900. The molecule has 18 heavy (non-hydrogen) atoms. The molecule has 0 spiro atoms. The van der Waals surface area contributed by atoms with Crippen molar-refractivity contribution in [1.29, 1.82) is 0 Å². The molecule has 0 saturated heterocycles. The van der Waals surface area contributed by atoms with Crippen LogP contribution in [0, 0.1) is 5.92 Å². The van der Waals surface area contributed by atoms with Gasteiger partial charge in [-0.2, -0.15) is 17.2 Å². The van der Waals surface area contributed by atoms with Gasteiger partial charge >= 0.3 is 21.4 Å². The van der Waals surface area contributed by atoms with Gasteiger partial charge < -0.3 is 4.74 Å². The molecule has 0 aromatic rings. The van der Waals surface area contributed by atoms with Crippen LogP contribution in [0.25, 0.3) is 0 Å². The van der Waals surface area contributed by atoms with E-state index in [9.17, 15) is 25.9 Å². The van der Waals surface area contributed by atoms with Crippen molar-refractivity contribution < 1.29 is 30.6 Å². The van der Waals surface area contributed by atoms with E-state index in [1.54, 1.807) is 0 Å². The number of rotatable bonds is 5. The molecule has 0 amide bonds. The average molecular weight is 288 g/mol. The standard InChI is InChI=1S/C10H15F3O4S/c11-10(12,18(13,15)16)9(14)17-7-6-8-4-2-1-3-5-8/h8H,1-7H2. The predicted octanol–water partition coefficient (Wildman–Crippen LogP) is 2.39. The van der Waals surface area contributed by atoms with Gasteiger partial charge in [-0.1, -0.05) is 36.0 Å². The Balaban J connectivity index is 2.37. The van der Waals surface area contributed by atoms with E-state index in [2.05, 4.69) is 4.74 Å². The van der Waals surface area contributed by atoms with E-state index < -0.39 is 21.4 Å². The Morgan fingerprint density at radius 2 is 1.78 bits per heavy atom. The zero-order valence-electron chi connectivity index (χ0n) is 9.70. The second-order valence-electron chi connectivity index (χ2n) is 4.38. The van der Waals surface area contributed by atoms with E-state index in [4.69, 9.17) is 0 Å². The Bertz CT molecular complexity index is 388. The van der Waals surface area contributed by atoms with E-state index in [0.717, 1.165) is 32.1 Å². The van der Waals surface area contributed by atoms with Crippen molar-refractivity contribution in [3.63, 3.8) is 0 Å². The number of carbonyl (C=O) groups excluding carboxylic acids is 1. The summed E-state index contributed by atoms with van der Waals surface area (Å²) < 4.78 is 61.6. The lowest BCUT2D eigenvalue weighted by Gasteiger charge is -2.21. The number of hydrogen-bond acceptors (Lipinski definition) is 4. The van der Waals surface area contributed by atoms with Crippen molar-refractivity contribution in [3.8, 4) is 0 Å². The lowest BCUT2D eigenvalue weighted by molar-refractivity contribution is -0.161. The highest BCUT2D eigenvalue weighted by Gasteiger charge is 2.55. The first-order valence-corrected chi connectivity index (χ1v) is 7.12. The highest BCUT2D eigenvalue weighted by molar-refractivity contribution is 7.88. The molecular formula is C10H15F3O4S. The largest absolute Gasteiger partial charge is 0.470 e.